The highest BCUT2D eigenvalue weighted by Crippen LogP contribution is 2.53. The number of ether oxygens (including phenoxy) is 1. The minimum absolute atomic E-state index is 0.177. The van der Waals surface area contributed by atoms with E-state index in [1.807, 2.05) is 12.1 Å². The van der Waals surface area contributed by atoms with Crippen LogP contribution in [0.2, 0.25) is 0 Å². The number of nitrogens with zero attached hydrogens (tertiary/aromatic N) is 1. The standard InChI is InChI=1S/C14H18N2O/c1-3-10-8-11(4-5-12(10)17-2)13(16)14(9-15)6-7-14/h4-5,8,13H,3,6-7,16H2,1-2H3. The molecule has 90 valence electrons. The molecule has 0 aliphatic heterocycles. The lowest BCUT2D eigenvalue weighted by Gasteiger charge is -2.18. The molecule has 0 bridgehead atoms. The summed E-state index contributed by atoms with van der Waals surface area (Å²) in [5.41, 5.74) is 8.07. The summed E-state index contributed by atoms with van der Waals surface area (Å²) in [7, 11) is 1.67. The monoisotopic (exact) mass is 230 g/mol. The molecule has 3 nitrogen and oxygen atoms in total. The average Bonchev–Trinajstić information content (AvgIpc) is 3.18. The first kappa shape index (κ1) is 11.9. The molecule has 2 rings (SSSR count). The van der Waals surface area contributed by atoms with Crippen molar-refractivity contribution in [2.45, 2.75) is 32.2 Å². The number of hydrogen-bond donors (Lipinski definition) is 1. The molecule has 17 heavy (non-hydrogen) atoms. The second-order valence-electron chi connectivity index (χ2n) is 4.67. The fourth-order valence-corrected chi connectivity index (χ4v) is 2.21. The number of benzene rings is 1. The van der Waals surface area contributed by atoms with Gasteiger partial charge in [0.2, 0.25) is 0 Å². The largest absolute Gasteiger partial charge is 0.496 e. The van der Waals surface area contributed by atoms with Crippen LogP contribution >= 0.6 is 0 Å². The molecule has 3 heteroatoms. The molecule has 1 unspecified atom stereocenters. The summed E-state index contributed by atoms with van der Waals surface area (Å²) < 4.78 is 5.29. The first-order chi connectivity index (χ1) is 8.16. The van der Waals surface area contributed by atoms with Crippen LogP contribution in [0.5, 0.6) is 5.75 Å². The van der Waals surface area contributed by atoms with E-state index in [-0.39, 0.29) is 11.5 Å². The molecule has 1 aromatic carbocycles. The Bertz CT molecular complexity index is 458. The molecular weight excluding hydrogens is 212 g/mol. The van der Waals surface area contributed by atoms with E-state index >= 15 is 0 Å². The zero-order valence-electron chi connectivity index (χ0n) is 10.4. The van der Waals surface area contributed by atoms with Gasteiger partial charge in [-0.15, -0.1) is 0 Å². The first-order valence-electron chi connectivity index (χ1n) is 6.00. The maximum absolute atomic E-state index is 9.16. The maximum atomic E-state index is 9.16. The number of hydrogen-bond acceptors (Lipinski definition) is 3. The molecule has 1 saturated carbocycles. The molecule has 1 fully saturated rings. The quantitative estimate of drug-likeness (QED) is 0.864. The van der Waals surface area contributed by atoms with E-state index in [0.29, 0.717) is 0 Å². The van der Waals surface area contributed by atoms with Crippen molar-refractivity contribution in [2.24, 2.45) is 11.1 Å². The second kappa shape index (κ2) is 4.38. The molecule has 0 heterocycles. The van der Waals surface area contributed by atoms with Crippen LogP contribution in [-0.4, -0.2) is 7.11 Å². The van der Waals surface area contributed by atoms with E-state index in [1.54, 1.807) is 7.11 Å². The Morgan fingerprint density at radius 1 is 1.53 bits per heavy atom. The van der Waals surface area contributed by atoms with Gasteiger partial charge in [-0.05, 0) is 36.5 Å². The summed E-state index contributed by atoms with van der Waals surface area (Å²) in [6.07, 6.45) is 2.74. The molecule has 1 atom stereocenters. The Balaban J connectivity index is 2.31. The lowest BCUT2D eigenvalue weighted by molar-refractivity contribution is 0.409. The van der Waals surface area contributed by atoms with E-state index in [0.717, 1.165) is 36.1 Å². The van der Waals surface area contributed by atoms with Crippen LogP contribution in [0.4, 0.5) is 0 Å². The number of nitrogens with two attached hydrogens (primary N) is 1. The third kappa shape index (κ3) is 2.01. The Kier molecular flexibility index (Phi) is 3.08. The number of rotatable bonds is 4. The number of nitriles is 1. The van der Waals surface area contributed by atoms with Crippen molar-refractivity contribution in [1.82, 2.24) is 0 Å². The second-order valence-corrected chi connectivity index (χ2v) is 4.67. The topological polar surface area (TPSA) is 59.0 Å². The number of methoxy groups -OCH3 is 1. The smallest absolute Gasteiger partial charge is 0.122 e. The van der Waals surface area contributed by atoms with Crippen molar-refractivity contribution >= 4 is 0 Å². The highest BCUT2D eigenvalue weighted by Gasteiger charge is 2.49. The highest BCUT2D eigenvalue weighted by molar-refractivity contribution is 5.40. The van der Waals surface area contributed by atoms with Gasteiger partial charge in [0.25, 0.3) is 0 Å². The van der Waals surface area contributed by atoms with Crippen molar-refractivity contribution in [1.29, 1.82) is 5.26 Å². The molecule has 1 aliphatic rings. The van der Waals surface area contributed by atoms with Gasteiger partial charge < -0.3 is 10.5 Å². The van der Waals surface area contributed by atoms with Crippen molar-refractivity contribution < 1.29 is 4.74 Å². The van der Waals surface area contributed by atoms with Gasteiger partial charge in [0, 0.05) is 6.04 Å². The minimum atomic E-state index is -0.320. The van der Waals surface area contributed by atoms with Crippen LogP contribution in [-0.2, 0) is 6.42 Å². The van der Waals surface area contributed by atoms with Crippen molar-refractivity contribution in [3.63, 3.8) is 0 Å². The van der Waals surface area contributed by atoms with Crippen molar-refractivity contribution in [3.05, 3.63) is 29.3 Å². The Morgan fingerprint density at radius 2 is 2.24 bits per heavy atom. The predicted octanol–water partition coefficient (Wildman–Crippen LogP) is 2.56. The third-order valence-corrected chi connectivity index (χ3v) is 3.65. The molecule has 0 radical (unpaired) electrons. The minimum Gasteiger partial charge on any atom is -0.496 e. The molecule has 0 saturated heterocycles. The van der Waals surface area contributed by atoms with Crippen molar-refractivity contribution in [2.75, 3.05) is 7.11 Å². The Morgan fingerprint density at radius 3 is 2.71 bits per heavy atom. The van der Waals surface area contributed by atoms with Crippen LogP contribution in [0.15, 0.2) is 18.2 Å². The molecule has 2 N–H and O–H groups in total. The fourth-order valence-electron chi connectivity index (χ4n) is 2.21. The van der Waals surface area contributed by atoms with E-state index in [9.17, 15) is 0 Å². The maximum Gasteiger partial charge on any atom is 0.122 e. The summed E-state index contributed by atoms with van der Waals surface area (Å²) in [6, 6.07) is 8.17. The van der Waals surface area contributed by atoms with Gasteiger partial charge in [0.15, 0.2) is 0 Å². The summed E-state index contributed by atoms with van der Waals surface area (Å²) in [5, 5.41) is 9.16. The Labute approximate surface area is 102 Å². The van der Waals surface area contributed by atoms with Crippen LogP contribution in [0.3, 0.4) is 0 Å². The lowest BCUT2D eigenvalue weighted by Crippen LogP contribution is -2.21. The van der Waals surface area contributed by atoms with Gasteiger partial charge in [-0.3, -0.25) is 0 Å². The van der Waals surface area contributed by atoms with Gasteiger partial charge >= 0.3 is 0 Å². The van der Waals surface area contributed by atoms with Gasteiger partial charge in [-0.2, -0.15) is 5.26 Å². The van der Waals surface area contributed by atoms with Gasteiger partial charge in [0.05, 0.1) is 18.6 Å². The van der Waals surface area contributed by atoms with Crippen LogP contribution in [0.1, 0.15) is 36.9 Å². The molecular formula is C14H18N2O. The highest BCUT2D eigenvalue weighted by atomic mass is 16.5. The third-order valence-electron chi connectivity index (χ3n) is 3.65. The van der Waals surface area contributed by atoms with E-state index in [2.05, 4.69) is 19.1 Å². The average molecular weight is 230 g/mol. The van der Waals surface area contributed by atoms with Crippen molar-refractivity contribution in [3.8, 4) is 11.8 Å². The van der Waals surface area contributed by atoms with Crippen LogP contribution < -0.4 is 10.5 Å². The SMILES string of the molecule is CCc1cc(C(N)C2(C#N)CC2)ccc1OC. The number of aryl methyl sites for hydroxylation is 1. The van der Waals surface area contributed by atoms with Gasteiger partial charge in [-0.1, -0.05) is 19.1 Å². The summed E-state index contributed by atoms with van der Waals surface area (Å²) >= 11 is 0. The molecule has 0 amide bonds. The van der Waals surface area contributed by atoms with Gasteiger partial charge in [0.1, 0.15) is 5.75 Å². The molecule has 1 aliphatic carbocycles. The zero-order valence-corrected chi connectivity index (χ0v) is 10.4. The van der Waals surface area contributed by atoms with Gasteiger partial charge in [-0.25, -0.2) is 0 Å². The Hall–Kier alpha value is -1.53. The van der Waals surface area contributed by atoms with Crippen LogP contribution in [0, 0.1) is 16.7 Å². The fraction of sp³-hybridized carbons (Fsp3) is 0.500. The lowest BCUT2D eigenvalue weighted by atomic mass is 9.91. The zero-order chi connectivity index (χ0) is 12.5. The van der Waals surface area contributed by atoms with Crippen LogP contribution in [0.25, 0.3) is 0 Å². The van der Waals surface area contributed by atoms with E-state index in [4.69, 9.17) is 15.7 Å². The molecule has 0 spiro atoms. The first-order valence-corrected chi connectivity index (χ1v) is 6.00. The van der Waals surface area contributed by atoms with E-state index in [1.165, 1.54) is 0 Å². The van der Waals surface area contributed by atoms with E-state index < -0.39 is 0 Å². The summed E-state index contributed by atoms with van der Waals surface area (Å²) in [5.74, 6) is 0.894. The molecule has 1 aromatic rings. The summed E-state index contributed by atoms with van der Waals surface area (Å²) in [6.45, 7) is 2.09. The normalized spacial score (nSPS) is 18.2. The summed E-state index contributed by atoms with van der Waals surface area (Å²) in [4.78, 5) is 0. The predicted molar refractivity (Wildman–Crippen MR) is 66.6 cm³/mol. The molecule has 0 aromatic heterocycles.